The van der Waals surface area contributed by atoms with Gasteiger partial charge < -0.3 is 0 Å². The molecule has 0 unspecified atom stereocenters. The molecule has 0 atom stereocenters. The van der Waals surface area contributed by atoms with Crippen LogP contribution in [0.15, 0.2) is 18.2 Å². The van der Waals surface area contributed by atoms with Crippen molar-refractivity contribution in [1.29, 1.82) is 0 Å². The van der Waals surface area contributed by atoms with Gasteiger partial charge in [0.1, 0.15) is 5.82 Å². The quantitative estimate of drug-likeness (QED) is 0.635. The molecule has 0 amide bonds. The monoisotopic (exact) mass is 288 g/mol. The number of halogens is 4. The molecule has 0 aliphatic heterocycles. The Morgan fingerprint density at radius 1 is 1.10 bits per heavy atom. The van der Waals surface area contributed by atoms with Crippen molar-refractivity contribution in [2.75, 3.05) is 0 Å². The van der Waals surface area contributed by atoms with Crippen LogP contribution in [0.5, 0.6) is 0 Å². The zero-order valence-electron chi connectivity index (χ0n) is 11.6. The number of alkyl halides is 3. The van der Waals surface area contributed by atoms with Crippen LogP contribution < -0.4 is 0 Å². The smallest absolute Gasteiger partial charge is 0.207 e. The Kier molecular flexibility index (Phi) is 4.71. The van der Waals surface area contributed by atoms with Gasteiger partial charge in [-0.3, -0.25) is 0 Å². The van der Waals surface area contributed by atoms with Crippen molar-refractivity contribution in [3.05, 3.63) is 35.1 Å². The minimum absolute atomic E-state index is 0.400. The lowest BCUT2D eigenvalue weighted by atomic mass is 9.80. The van der Waals surface area contributed by atoms with Gasteiger partial charge in [0.25, 0.3) is 0 Å². The summed E-state index contributed by atoms with van der Waals surface area (Å²) in [5.74, 6) is 0.631. The minimum Gasteiger partial charge on any atom is -0.207 e. The third-order valence-electron chi connectivity index (χ3n) is 4.34. The fourth-order valence-corrected chi connectivity index (χ4v) is 2.90. The molecular weight excluding hydrogens is 268 g/mol. The highest BCUT2D eigenvalue weighted by atomic mass is 19.4. The molecular formula is C16H20F4. The molecule has 0 nitrogen and oxygen atoms in total. The van der Waals surface area contributed by atoms with E-state index in [4.69, 9.17) is 0 Å². The summed E-state index contributed by atoms with van der Waals surface area (Å²) in [6.45, 7) is 2.24. The van der Waals surface area contributed by atoms with Crippen LogP contribution in [-0.2, 0) is 12.6 Å². The largest absolute Gasteiger partial charge is 0.416 e. The van der Waals surface area contributed by atoms with Crippen LogP contribution in [0.25, 0.3) is 0 Å². The van der Waals surface area contributed by atoms with Gasteiger partial charge in [0, 0.05) is 0 Å². The topological polar surface area (TPSA) is 0 Å². The van der Waals surface area contributed by atoms with E-state index in [1.54, 1.807) is 0 Å². The third kappa shape index (κ3) is 3.97. The third-order valence-corrected chi connectivity index (χ3v) is 4.34. The van der Waals surface area contributed by atoms with Gasteiger partial charge in [-0.1, -0.05) is 38.7 Å². The molecule has 0 spiro atoms. The van der Waals surface area contributed by atoms with E-state index >= 15 is 0 Å². The molecule has 0 bridgehead atoms. The van der Waals surface area contributed by atoms with Gasteiger partial charge in [0.05, 0.1) is 5.56 Å². The maximum atomic E-state index is 13.7. The summed E-state index contributed by atoms with van der Waals surface area (Å²) in [5, 5.41) is 0. The van der Waals surface area contributed by atoms with Gasteiger partial charge >= 0.3 is 6.18 Å². The lowest BCUT2D eigenvalue weighted by Crippen LogP contribution is -2.13. The van der Waals surface area contributed by atoms with Gasteiger partial charge in [0.2, 0.25) is 0 Å². The molecule has 1 aliphatic rings. The summed E-state index contributed by atoms with van der Waals surface area (Å²) in [7, 11) is 0. The molecule has 0 aromatic heterocycles. The van der Waals surface area contributed by atoms with E-state index in [1.165, 1.54) is 18.9 Å². The molecule has 0 saturated heterocycles. The van der Waals surface area contributed by atoms with E-state index in [1.807, 2.05) is 0 Å². The van der Waals surface area contributed by atoms with E-state index in [0.717, 1.165) is 31.2 Å². The first-order valence-corrected chi connectivity index (χ1v) is 7.22. The van der Waals surface area contributed by atoms with Gasteiger partial charge in [-0.2, -0.15) is 13.2 Å². The van der Waals surface area contributed by atoms with Gasteiger partial charge in [-0.15, -0.1) is 0 Å². The van der Waals surface area contributed by atoms with Gasteiger partial charge in [0.15, 0.2) is 0 Å². The molecule has 2 rings (SSSR count). The van der Waals surface area contributed by atoms with Crippen molar-refractivity contribution >= 4 is 0 Å². The van der Waals surface area contributed by atoms with Crippen molar-refractivity contribution in [2.24, 2.45) is 11.8 Å². The second-order valence-corrected chi connectivity index (χ2v) is 5.97. The van der Waals surface area contributed by atoms with E-state index in [9.17, 15) is 17.6 Å². The maximum absolute atomic E-state index is 13.7. The van der Waals surface area contributed by atoms with Crippen molar-refractivity contribution in [2.45, 2.75) is 51.6 Å². The SMILES string of the molecule is CC1CCC(CCc2ccc(C(F)(F)F)cc2F)CC1. The molecule has 0 N–H and O–H groups in total. The Hall–Kier alpha value is -1.06. The molecule has 1 saturated carbocycles. The summed E-state index contributed by atoms with van der Waals surface area (Å²) in [6, 6.07) is 2.86. The number of hydrogen-bond acceptors (Lipinski definition) is 0. The van der Waals surface area contributed by atoms with E-state index in [0.29, 0.717) is 24.0 Å². The Balaban J connectivity index is 1.93. The van der Waals surface area contributed by atoms with E-state index in [2.05, 4.69) is 6.92 Å². The average Bonchev–Trinajstić information content (AvgIpc) is 2.38. The average molecular weight is 288 g/mol. The molecule has 1 aliphatic carbocycles. The minimum atomic E-state index is -4.47. The summed E-state index contributed by atoms with van der Waals surface area (Å²) in [5.41, 5.74) is -0.512. The highest BCUT2D eigenvalue weighted by Gasteiger charge is 2.31. The second kappa shape index (κ2) is 6.15. The molecule has 1 fully saturated rings. The predicted molar refractivity (Wildman–Crippen MR) is 70.8 cm³/mol. The summed E-state index contributed by atoms with van der Waals surface area (Å²) in [6.07, 6.45) is 1.66. The fraction of sp³-hybridized carbons (Fsp3) is 0.625. The highest BCUT2D eigenvalue weighted by Crippen LogP contribution is 2.33. The van der Waals surface area contributed by atoms with Crippen molar-refractivity contribution in [3.63, 3.8) is 0 Å². The molecule has 1 aromatic rings. The lowest BCUT2D eigenvalue weighted by Gasteiger charge is -2.26. The molecule has 20 heavy (non-hydrogen) atoms. The molecule has 0 radical (unpaired) electrons. The molecule has 4 heteroatoms. The van der Waals surface area contributed by atoms with Crippen molar-refractivity contribution in [3.8, 4) is 0 Å². The first kappa shape index (κ1) is 15.3. The van der Waals surface area contributed by atoms with Crippen LogP contribution in [0.4, 0.5) is 17.6 Å². The number of benzene rings is 1. The standard InChI is InChI=1S/C16H20F4/c1-11-2-4-12(5-3-11)6-7-13-8-9-14(10-15(13)17)16(18,19)20/h8-12H,2-7H2,1H3. The Morgan fingerprint density at radius 2 is 1.75 bits per heavy atom. The van der Waals surface area contributed by atoms with Crippen LogP contribution >= 0.6 is 0 Å². The maximum Gasteiger partial charge on any atom is 0.416 e. The predicted octanol–water partition coefficient (Wildman–Crippen LogP) is 5.60. The van der Waals surface area contributed by atoms with Crippen LogP contribution in [0, 0.1) is 17.7 Å². The van der Waals surface area contributed by atoms with Gasteiger partial charge in [-0.05, 0) is 42.4 Å². The van der Waals surface area contributed by atoms with Crippen LogP contribution in [0.2, 0.25) is 0 Å². The van der Waals surface area contributed by atoms with Crippen LogP contribution in [0.1, 0.15) is 50.2 Å². The number of rotatable bonds is 3. The second-order valence-electron chi connectivity index (χ2n) is 5.97. The Bertz CT molecular complexity index is 442. The zero-order chi connectivity index (χ0) is 14.8. The number of hydrogen-bond donors (Lipinski definition) is 0. The molecule has 0 heterocycles. The first-order chi connectivity index (χ1) is 9.36. The van der Waals surface area contributed by atoms with Crippen LogP contribution in [0.3, 0.4) is 0 Å². The molecule has 1 aromatic carbocycles. The fourth-order valence-electron chi connectivity index (χ4n) is 2.90. The van der Waals surface area contributed by atoms with Crippen LogP contribution in [-0.4, -0.2) is 0 Å². The van der Waals surface area contributed by atoms with E-state index in [-0.39, 0.29) is 0 Å². The summed E-state index contributed by atoms with van der Waals surface area (Å²) >= 11 is 0. The first-order valence-electron chi connectivity index (χ1n) is 7.22. The highest BCUT2D eigenvalue weighted by molar-refractivity contribution is 5.26. The summed E-state index contributed by atoms with van der Waals surface area (Å²) < 4.78 is 51.0. The Labute approximate surface area is 117 Å². The normalized spacial score (nSPS) is 23.9. The number of aryl methyl sites for hydroxylation is 1. The Morgan fingerprint density at radius 3 is 2.30 bits per heavy atom. The zero-order valence-corrected chi connectivity index (χ0v) is 11.6. The van der Waals surface area contributed by atoms with E-state index < -0.39 is 17.6 Å². The molecule has 112 valence electrons. The van der Waals surface area contributed by atoms with Crippen molar-refractivity contribution < 1.29 is 17.6 Å². The summed E-state index contributed by atoms with van der Waals surface area (Å²) in [4.78, 5) is 0. The lowest BCUT2D eigenvalue weighted by molar-refractivity contribution is -0.137. The van der Waals surface area contributed by atoms with Crippen molar-refractivity contribution in [1.82, 2.24) is 0 Å². The van der Waals surface area contributed by atoms with Gasteiger partial charge in [-0.25, -0.2) is 4.39 Å².